The van der Waals surface area contributed by atoms with E-state index in [2.05, 4.69) is 10.2 Å². The minimum atomic E-state index is 0.703. The van der Waals surface area contributed by atoms with Crippen molar-refractivity contribution in [2.24, 2.45) is 0 Å². The first kappa shape index (κ1) is 11.8. The predicted octanol–water partition coefficient (Wildman–Crippen LogP) is 3.98. The summed E-state index contributed by atoms with van der Waals surface area (Å²) in [6.07, 6.45) is 0. The Labute approximate surface area is 116 Å². The van der Waals surface area contributed by atoms with E-state index >= 15 is 0 Å². The maximum Gasteiger partial charge on any atom is 0.0927 e. The van der Waals surface area contributed by atoms with Gasteiger partial charge in [0.15, 0.2) is 0 Å². The summed E-state index contributed by atoms with van der Waals surface area (Å²) in [4.78, 5) is 0. The van der Waals surface area contributed by atoms with Gasteiger partial charge in [-0.25, -0.2) is 0 Å². The van der Waals surface area contributed by atoms with Gasteiger partial charge >= 0.3 is 0 Å². The smallest absolute Gasteiger partial charge is 0.0927 e. The molecule has 3 nitrogen and oxygen atoms in total. The number of nitrogen functional groups attached to an aromatic ring is 1. The van der Waals surface area contributed by atoms with Crippen LogP contribution in [0, 0.1) is 0 Å². The molecule has 0 radical (unpaired) electrons. The Morgan fingerprint density at radius 1 is 0.947 bits per heavy atom. The highest BCUT2D eigenvalue weighted by atomic mass is 35.5. The molecule has 3 rings (SSSR count). The zero-order valence-corrected chi connectivity index (χ0v) is 10.9. The Balaban J connectivity index is 1.97. The molecule has 0 fully saturated rings. The van der Waals surface area contributed by atoms with Gasteiger partial charge in [-0.15, -0.1) is 0 Å². The van der Waals surface area contributed by atoms with Gasteiger partial charge in [0, 0.05) is 16.3 Å². The van der Waals surface area contributed by atoms with Crippen LogP contribution in [0.1, 0.15) is 0 Å². The van der Waals surface area contributed by atoms with E-state index in [0.29, 0.717) is 5.02 Å². The fourth-order valence-electron chi connectivity index (χ4n) is 1.93. The first-order chi connectivity index (χ1) is 9.22. The van der Waals surface area contributed by atoms with E-state index in [9.17, 15) is 0 Å². The number of aromatic amines is 1. The molecule has 0 amide bonds. The van der Waals surface area contributed by atoms with Crippen molar-refractivity contribution in [2.45, 2.75) is 0 Å². The van der Waals surface area contributed by atoms with Gasteiger partial charge in [-0.1, -0.05) is 35.9 Å². The van der Waals surface area contributed by atoms with Gasteiger partial charge in [-0.2, -0.15) is 5.10 Å². The lowest BCUT2D eigenvalue weighted by Gasteiger charge is -1.97. The standard InChI is InChI=1S/C15H12ClN3/c16-12-3-1-2-11(8-12)15-9-14(18-19-15)10-4-6-13(17)7-5-10/h1-9H,17H2,(H,18,19). The summed E-state index contributed by atoms with van der Waals surface area (Å²) in [5.41, 5.74) is 10.3. The zero-order chi connectivity index (χ0) is 13.2. The molecule has 0 unspecified atom stereocenters. The van der Waals surface area contributed by atoms with E-state index in [1.54, 1.807) is 0 Å². The van der Waals surface area contributed by atoms with Crippen LogP contribution >= 0.6 is 11.6 Å². The minimum absolute atomic E-state index is 0.703. The minimum Gasteiger partial charge on any atom is -0.399 e. The number of hydrogen-bond acceptors (Lipinski definition) is 2. The Hall–Kier alpha value is -2.26. The van der Waals surface area contributed by atoms with Crippen molar-refractivity contribution in [1.82, 2.24) is 10.2 Å². The lowest BCUT2D eigenvalue weighted by Crippen LogP contribution is -1.83. The number of halogens is 1. The average Bonchev–Trinajstić information content (AvgIpc) is 2.89. The number of nitrogens with one attached hydrogen (secondary N) is 1. The molecule has 0 spiro atoms. The zero-order valence-electron chi connectivity index (χ0n) is 10.1. The van der Waals surface area contributed by atoms with Crippen LogP contribution in [-0.2, 0) is 0 Å². The Kier molecular flexibility index (Phi) is 2.97. The van der Waals surface area contributed by atoms with Crippen LogP contribution in [0.4, 0.5) is 5.69 Å². The molecule has 0 aliphatic heterocycles. The molecular formula is C15H12ClN3. The van der Waals surface area contributed by atoms with Crippen molar-refractivity contribution in [3.05, 3.63) is 59.6 Å². The van der Waals surface area contributed by atoms with Crippen molar-refractivity contribution in [3.8, 4) is 22.5 Å². The number of benzene rings is 2. The number of rotatable bonds is 2. The molecule has 0 aliphatic rings. The summed E-state index contributed by atoms with van der Waals surface area (Å²) in [6.45, 7) is 0. The van der Waals surface area contributed by atoms with E-state index < -0.39 is 0 Å². The fraction of sp³-hybridized carbons (Fsp3) is 0. The molecule has 0 aliphatic carbocycles. The van der Waals surface area contributed by atoms with Crippen molar-refractivity contribution in [1.29, 1.82) is 0 Å². The number of aromatic nitrogens is 2. The van der Waals surface area contributed by atoms with Crippen molar-refractivity contribution in [3.63, 3.8) is 0 Å². The highest BCUT2D eigenvalue weighted by Crippen LogP contribution is 2.25. The van der Waals surface area contributed by atoms with Gasteiger partial charge < -0.3 is 5.73 Å². The van der Waals surface area contributed by atoms with E-state index in [1.807, 2.05) is 54.6 Å². The molecule has 0 saturated heterocycles. The molecule has 19 heavy (non-hydrogen) atoms. The van der Waals surface area contributed by atoms with Crippen LogP contribution in [0.25, 0.3) is 22.5 Å². The maximum absolute atomic E-state index is 5.98. The van der Waals surface area contributed by atoms with Crippen LogP contribution in [0.15, 0.2) is 54.6 Å². The summed E-state index contributed by atoms with van der Waals surface area (Å²) in [5, 5.41) is 8.04. The first-order valence-electron chi connectivity index (χ1n) is 5.89. The highest BCUT2D eigenvalue weighted by Gasteiger charge is 2.06. The summed E-state index contributed by atoms with van der Waals surface area (Å²) >= 11 is 5.98. The van der Waals surface area contributed by atoms with Crippen LogP contribution in [-0.4, -0.2) is 10.2 Å². The van der Waals surface area contributed by atoms with E-state index in [0.717, 1.165) is 28.2 Å². The molecule has 3 N–H and O–H groups in total. The second kappa shape index (κ2) is 4.78. The first-order valence-corrected chi connectivity index (χ1v) is 6.27. The highest BCUT2D eigenvalue weighted by molar-refractivity contribution is 6.30. The van der Waals surface area contributed by atoms with Crippen LogP contribution in [0.2, 0.25) is 5.02 Å². The van der Waals surface area contributed by atoms with Gasteiger partial charge in [0.1, 0.15) is 0 Å². The van der Waals surface area contributed by atoms with Crippen LogP contribution in [0.3, 0.4) is 0 Å². The number of nitrogens with zero attached hydrogens (tertiary/aromatic N) is 1. The Bertz CT molecular complexity index is 701. The lowest BCUT2D eigenvalue weighted by molar-refractivity contribution is 1.10. The third-order valence-corrected chi connectivity index (χ3v) is 3.16. The molecule has 94 valence electrons. The monoisotopic (exact) mass is 269 g/mol. The summed E-state index contributed by atoms with van der Waals surface area (Å²) in [5.74, 6) is 0. The van der Waals surface area contributed by atoms with E-state index in [1.165, 1.54) is 0 Å². The van der Waals surface area contributed by atoms with Gasteiger partial charge in [-0.05, 0) is 35.9 Å². The largest absolute Gasteiger partial charge is 0.399 e. The molecule has 1 heterocycles. The summed E-state index contributed by atoms with van der Waals surface area (Å²) in [7, 11) is 0. The van der Waals surface area contributed by atoms with Gasteiger partial charge in [0.25, 0.3) is 0 Å². The average molecular weight is 270 g/mol. The van der Waals surface area contributed by atoms with Gasteiger partial charge in [0.05, 0.1) is 11.4 Å². The Morgan fingerprint density at radius 3 is 2.47 bits per heavy atom. The third-order valence-electron chi connectivity index (χ3n) is 2.92. The van der Waals surface area contributed by atoms with Crippen molar-refractivity contribution >= 4 is 17.3 Å². The van der Waals surface area contributed by atoms with E-state index in [-0.39, 0.29) is 0 Å². The number of H-pyrrole nitrogens is 1. The fourth-order valence-corrected chi connectivity index (χ4v) is 2.12. The van der Waals surface area contributed by atoms with Crippen molar-refractivity contribution in [2.75, 3.05) is 5.73 Å². The SMILES string of the molecule is Nc1ccc(-c2cc(-c3cccc(Cl)c3)n[nH]2)cc1. The molecular weight excluding hydrogens is 258 g/mol. The summed E-state index contributed by atoms with van der Waals surface area (Å²) in [6, 6.07) is 17.3. The Morgan fingerprint density at radius 2 is 1.74 bits per heavy atom. The summed E-state index contributed by atoms with van der Waals surface area (Å²) < 4.78 is 0. The van der Waals surface area contributed by atoms with Gasteiger partial charge in [0.2, 0.25) is 0 Å². The number of anilines is 1. The molecule has 2 aromatic carbocycles. The molecule has 0 atom stereocenters. The lowest BCUT2D eigenvalue weighted by atomic mass is 10.1. The quantitative estimate of drug-likeness (QED) is 0.692. The second-order valence-corrected chi connectivity index (χ2v) is 4.74. The van der Waals surface area contributed by atoms with Gasteiger partial charge in [-0.3, -0.25) is 5.10 Å². The van der Waals surface area contributed by atoms with Crippen LogP contribution in [0.5, 0.6) is 0 Å². The van der Waals surface area contributed by atoms with Crippen molar-refractivity contribution < 1.29 is 0 Å². The van der Waals surface area contributed by atoms with E-state index in [4.69, 9.17) is 17.3 Å². The predicted molar refractivity (Wildman–Crippen MR) is 78.9 cm³/mol. The second-order valence-electron chi connectivity index (χ2n) is 4.30. The molecule has 0 bridgehead atoms. The molecule has 0 saturated carbocycles. The topological polar surface area (TPSA) is 54.7 Å². The molecule has 4 heteroatoms. The number of nitrogens with two attached hydrogens (primary N) is 1. The molecule has 1 aromatic heterocycles. The molecule has 3 aromatic rings. The maximum atomic E-state index is 5.98. The van der Waals surface area contributed by atoms with Crippen LogP contribution < -0.4 is 5.73 Å². The number of hydrogen-bond donors (Lipinski definition) is 2. The normalized spacial score (nSPS) is 10.6. The third kappa shape index (κ3) is 2.46.